The molecule has 26 heavy (non-hydrogen) atoms. The molecule has 7 heteroatoms. The minimum Gasteiger partial charge on any atom is -0.481 e. The molecule has 0 radical (unpaired) electrons. The molecule has 1 heterocycles. The Labute approximate surface area is 161 Å². The highest BCUT2D eigenvalue weighted by molar-refractivity contribution is 8.13. The Morgan fingerprint density at radius 3 is 2.81 bits per heavy atom. The van der Waals surface area contributed by atoms with Crippen molar-refractivity contribution in [2.75, 3.05) is 13.1 Å². The Morgan fingerprint density at radius 1 is 1.31 bits per heavy atom. The summed E-state index contributed by atoms with van der Waals surface area (Å²) in [5, 5.41) is 0.938. The van der Waals surface area contributed by atoms with Gasteiger partial charge in [0, 0.05) is 22.9 Å². The lowest BCUT2D eigenvalue weighted by atomic mass is 10.2. The van der Waals surface area contributed by atoms with E-state index in [1.54, 1.807) is 36.1 Å². The molecule has 1 aliphatic rings. The fourth-order valence-electron chi connectivity index (χ4n) is 2.53. The average Bonchev–Trinajstić information content (AvgIpc) is 3.10. The van der Waals surface area contributed by atoms with Crippen molar-refractivity contribution in [3.63, 3.8) is 0 Å². The van der Waals surface area contributed by atoms with Crippen LogP contribution in [-0.2, 0) is 10.5 Å². The number of thioether (sulfide) groups is 1. The van der Waals surface area contributed by atoms with E-state index in [1.807, 2.05) is 18.2 Å². The maximum absolute atomic E-state index is 13.9. The van der Waals surface area contributed by atoms with Crippen LogP contribution in [0.3, 0.4) is 0 Å². The number of para-hydroxylation sites is 1. The normalized spacial score (nSPS) is 14.9. The molecule has 2 aromatic rings. The van der Waals surface area contributed by atoms with Crippen molar-refractivity contribution >= 4 is 34.4 Å². The summed E-state index contributed by atoms with van der Waals surface area (Å²) in [4.78, 5) is 18.7. The lowest BCUT2D eigenvalue weighted by molar-refractivity contribution is -0.133. The Morgan fingerprint density at radius 2 is 2.08 bits per heavy atom. The third-order valence-electron chi connectivity index (χ3n) is 3.88. The van der Waals surface area contributed by atoms with Crippen molar-refractivity contribution in [1.82, 2.24) is 4.90 Å². The summed E-state index contributed by atoms with van der Waals surface area (Å²) in [5.74, 6) is 0.415. The van der Waals surface area contributed by atoms with Gasteiger partial charge in [-0.25, -0.2) is 4.39 Å². The lowest BCUT2D eigenvalue weighted by Crippen LogP contribution is -2.41. The van der Waals surface area contributed by atoms with Crippen LogP contribution in [-0.4, -0.2) is 35.2 Å². The molecule has 136 valence electrons. The van der Waals surface area contributed by atoms with E-state index >= 15 is 0 Å². The summed E-state index contributed by atoms with van der Waals surface area (Å²) >= 11 is 7.36. The zero-order valence-corrected chi connectivity index (χ0v) is 15.8. The molecule has 0 bridgehead atoms. The van der Waals surface area contributed by atoms with Crippen LogP contribution in [0.2, 0.25) is 5.02 Å². The zero-order valence-electron chi connectivity index (χ0n) is 14.2. The molecule has 0 fully saturated rings. The molecule has 0 aliphatic carbocycles. The highest BCUT2D eigenvalue weighted by Crippen LogP contribution is 2.27. The summed E-state index contributed by atoms with van der Waals surface area (Å²) < 4.78 is 19.6. The predicted molar refractivity (Wildman–Crippen MR) is 103 cm³/mol. The van der Waals surface area contributed by atoms with Crippen LogP contribution < -0.4 is 4.74 Å². The third-order valence-corrected chi connectivity index (χ3v) is 5.27. The third kappa shape index (κ3) is 4.37. The second-order valence-corrected chi connectivity index (χ2v) is 7.07. The van der Waals surface area contributed by atoms with Crippen LogP contribution in [0.5, 0.6) is 5.75 Å². The van der Waals surface area contributed by atoms with Gasteiger partial charge in [-0.3, -0.25) is 14.7 Å². The van der Waals surface area contributed by atoms with Crippen molar-refractivity contribution < 1.29 is 13.9 Å². The minimum absolute atomic E-state index is 0.169. The topological polar surface area (TPSA) is 41.9 Å². The van der Waals surface area contributed by atoms with E-state index in [2.05, 4.69) is 4.99 Å². The standard InChI is InChI=1S/C19H18ClFN2O2S/c1-13(25-14-6-3-2-4-7-14)18(24)23-11-10-22-19(23)26-12-15-16(20)8-5-9-17(15)21/h2-9,13H,10-12H2,1H3/t13-/m0/s1. The number of ether oxygens (including phenoxy) is 1. The monoisotopic (exact) mass is 392 g/mol. The first-order chi connectivity index (χ1) is 12.6. The fraction of sp³-hybridized carbons (Fsp3) is 0.263. The Bertz CT molecular complexity index is 796. The largest absolute Gasteiger partial charge is 0.481 e. The molecule has 0 aromatic heterocycles. The minimum atomic E-state index is -0.640. The van der Waals surface area contributed by atoms with Gasteiger partial charge in [0.05, 0.1) is 6.54 Å². The Balaban J connectivity index is 1.63. The first-order valence-corrected chi connectivity index (χ1v) is 9.56. The number of benzene rings is 2. The Kier molecular flexibility index (Phi) is 6.16. The summed E-state index contributed by atoms with van der Waals surface area (Å²) in [6, 6.07) is 13.8. The summed E-state index contributed by atoms with van der Waals surface area (Å²) in [7, 11) is 0. The van der Waals surface area contributed by atoms with Gasteiger partial charge in [0.15, 0.2) is 11.3 Å². The van der Waals surface area contributed by atoms with Crippen LogP contribution in [0.25, 0.3) is 0 Å². The number of aliphatic imine (C=N–C) groups is 1. The van der Waals surface area contributed by atoms with E-state index in [-0.39, 0.29) is 11.7 Å². The lowest BCUT2D eigenvalue weighted by Gasteiger charge is -2.22. The molecule has 1 aliphatic heterocycles. The molecule has 3 rings (SSSR count). The van der Waals surface area contributed by atoms with E-state index in [4.69, 9.17) is 16.3 Å². The van der Waals surface area contributed by atoms with Crippen LogP contribution in [0.4, 0.5) is 4.39 Å². The summed E-state index contributed by atoms with van der Waals surface area (Å²) in [6.07, 6.45) is -0.640. The van der Waals surface area contributed by atoms with E-state index < -0.39 is 6.10 Å². The van der Waals surface area contributed by atoms with E-state index in [0.717, 1.165) is 0 Å². The molecular formula is C19H18ClFN2O2S. The number of amidine groups is 1. The van der Waals surface area contributed by atoms with Crippen LogP contribution >= 0.6 is 23.4 Å². The van der Waals surface area contributed by atoms with Gasteiger partial charge in [-0.05, 0) is 31.2 Å². The van der Waals surface area contributed by atoms with Crippen molar-refractivity contribution in [3.8, 4) is 5.75 Å². The number of halogens is 2. The second-order valence-electron chi connectivity index (χ2n) is 5.72. The van der Waals surface area contributed by atoms with Crippen LogP contribution in [0, 0.1) is 5.82 Å². The molecule has 2 aromatic carbocycles. The van der Waals surface area contributed by atoms with E-state index in [9.17, 15) is 9.18 Å². The smallest absolute Gasteiger partial charge is 0.269 e. The average molecular weight is 393 g/mol. The highest BCUT2D eigenvalue weighted by atomic mass is 35.5. The van der Waals surface area contributed by atoms with Crippen LogP contribution in [0.1, 0.15) is 12.5 Å². The second kappa shape index (κ2) is 8.56. The molecular weight excluding hydrogens is 375 g/mol. The van der Waals surface area contributed by atoms with Gasteiger partial charge in [-0.15, -0.1) is 0 Å². The van der Waals surface area contributed by atoms with Gasteiger partial charge >= 0.3 is 0 Å². The first-order valence-electron chi connectivity index (χ1n) is 8.19. The van der Waals surface area contributed by atoms with Gasteiger partial charge < -0.3 is 4.74 Å². The predicted octanol–water partition coefficient (Wildman–Crippen LogP) is 4.38. The molecule has 1 amide bonds. The number of amides is 1. The van der Waals surface area contributed by atoms with Gasteiger partial charge in [0.1, 0.15) is 11.6 Å². The van der Waals surface area contributed by atoms with Crippen LogP contribution in [0.15, 0.2) is 53.5 Å². The fourth-order valence-corrected chi connectivity index (χ4v) is 3.93. The number of hydrogen-bond acceptors (Lipinski definition) is 4. The van der Waals surface area contributed by atoms with E-state index in [1.165, 1.54) is 17.8 Å². The van der Waals surface area contributed by atoms with Crippen molar-refractivity contribution in [3.05, 3.63) is 64.9 Å². The molecule has 0 spiro atoms. The van der Waals surface area contributed by atoms with Gasteiger partial charge in [-0.1, -0.05) is 47.6 Å². The van der Waals surface area contributed by atoms with Crippen molar-refractivity contribution in [2.24, 2.45) is 4.99 Å². The number of carbonyl (C=O) groups excluding carboxylic acids is 1. The van der Waals surface area contributed by atoms with Crippen molar-refractivity contribution in [1.29, 1.82) is 0 Å². The maximum atomic E-state index is 13.9. The van der Waals surface area contributed by atoms with E-state index in [0.29, 0.717) is 40.3 Å². The van der Waals surface area contributed by atoms with Gasteiger partial charge in [0.2, 0.25) is 0 Å². The van der Waals surface area contributed by atoms with Gasteiger partial charge in [-0.2, -0.15) is 0 Å². The number of nitrogens with zero attached hydrogens (tertiary/aromatic N) is 2. The number of carbonyl (C=O) groups is 1. The highest BCUT2D eigenvalue weighted by Gasteiger charge is 2.29. The SMILES string of the molecule is C[C@H](Oc1ccccc1)C(=O)N1CCN=C1SCc1c(F)cccc1Cl. The zero-order chi connectivity index (χ0) is 18.5. The summed E-state index contributed by atoms with van der Waals surface area (Å²) in [5.41, 5.74) is 0.412. The van der Waals surface area contributed by atoms with Gasteiger partial charge in [0.25, 0.3) is 5.91 Å². The molecule has 0 N–H and O–H groups in total. The molecule has 4 nitrogen and oxygen atoms in total. The quantitative estimate of drug-likeness (QED) is 0.758. The first kappa shape index (κ1) is 18.7. The molecule has 0 unspecified atom stereocenters. The summed E-state index contributed by atoms with van der Waals surface area (Å²) in [6.45, 7) is 2.73. The van der Waals surface area contributed by atoms with Crippen molar-refractivity contribution in [2.45, 2.75) is 18.8 Å². The molecule has 0 saturated carbocycles. The molecule has 0 saturated heterocycles. The Hall–Kier alpha value is -2.05. The number of rotatable bonds is 5. The maximum Gasteiger partial charge on any atom is 0.269 e. The molecule has 1 atom stereocenters. The number of hydrogen-bond donors (Lipinski definition) is 0.